The number of hydrogen-bond acceptors (Lipinski definition) is 3. The van der Waals surface area contributed by atoms with Crippen molar-refractivity contribution in [1.82, 2.24) is 4.90 Å². The van der Waals surface area contributed by atoms with Gasteiger partial charge in [0.2, 0.25) is 0 Å². The molecule has 0 amide bonds. The van der Waals surface area contributed by atoms with E-state index in [1.807, 2.05) is 26.0 Å². The van der Waals surface area contributed by atoms with E-state index in [-0.39, 0.29) is 11.1 Å². The van der Waals surface area contributed by atoms with Gasteiger partial charge in [-0.25, -0.2) is 9.59 Å². The molecule has 2 N–H and O–H groups in total. The van der Waals surface area contributed by atoms with Gasteiger partial charge >= 0.3 is 11.9 Å². The van der Waals surface area contributed by atoms with Crippen LogP contribution in [0.2, 0.25) is 0 Å². The molecule has 25 heavy (non-hydrogen) atoms. The fourth-order valence-corrected chi connectivity index (χ4v) is 4.26. The van der Waals surface area contributed by atoms with E-state index in [1.54, 1.807) is 30.9 Å². The summed E-state index contributed by atoms with van der Waals surface area (Å²) in [6, 6.07) is 7.20. The van der Waals surface area contributed by atoms with Crippen LogP contribution in [-0.4, -0.2) is 33.6 Å². The quantitative estimate of drug-likeness (QED) is 0.766. The van der Waals surface area contributed by atoms with Crippen LogP contribution in [0.4, 0.5) is 0 Å². The Bertz CT molecular complexity index is 739. The first-order valence-electron chi connectivity index (χ1n) is 8.15. The highest BCUT2D eigenvalue weighted by atomic mass is 79.9. The topological polar surface area (TPSA) is 77.8 Å². The number of hydrogen-bond donors (Lipinski definition) is 2. The summed E-state index contributed by atoms with van der Waals surface area (Å²) in [5, 5.41) is 20.0. The molecular formula is C19H22BrNO4. The molecule has 0 saturated heterocycles. The summed E-state index contributed by atoms with van der Waals surface area (Å²) in [5.74, 6) is -2.18. The average Bonchev–Trinajstić information content (AvgIpc) is 2.54. The number of allylic oxidation sites excluding steroid dienone is 2. The molecule has 1 aliphatic heterocycles. The molecule has 0 fully saturated rings. The van der Waals surface area contributed by atoms with Crippen molar-refractivity contribution in [1.29, 1.82) is 0 Å². The first kappa shape index (κ1) is 19.2. The van der Waals surface area contributed by atoms with Crippen molar-refractivity contribution in [3.8, 4) is 0 Å². The van der Waals surface area contributed by atoms with Crippen LogP contribution in [-0.2, 0) is 15.0 Å². The van der Waals surface area contributed by atoms with E-state index in [4.69, 9.17) is 0 Å². The van der Waals surface area contributed by atoms with Gasteiger partial charge in [-0.05, 0) is 44.9 Å². The molecular weight excluding hydrogens is 386 g/mol. The number of carbonyl (C=O) groups is 2. The summed E-state index contributed by atoms with van der Waals surface area (Å²) >= 11 is 3.38. The van der Waals surface area contributed by atoms with E-state index >= 15 is 0 Å². The minimum atomic E-state index is -1.20. The summed E-state index contributed by atoms with van der Waals surface area (Å²) in [6.45, 7) is 7.71. The Morgan fingerprint density at radius 3 is 1.76 bits per heavy atom. The number of carboxylic acid groups (broad SMARTS) is 2. The van der Waals surface area contributed by atoms with Crippen molar-refractivity contribution in [3.63, 3.8) is 0 Å². The van der Waals surface area contributed by atoms with E-state index in [0.29, 0.717) is 29.9 Å². The summed E-state index contributed by atoms with van der Waals surface area (Å²) in [5.41, 5.74) is 0.898. The SMILES string of the molecule is CCN1C(C)=C(C(=O)O)C(CC)(c2ccc(Br)cc2)C(C(=O)O)=C1C. The van der Waals surface area contributed by atoms with E-state index in [0.717, 1.165) is 4.47 Å². The van der Waals surface area contributed by atoms with Crippen LogP contribution in [0, 0.1) is 0 Å². The van der Waals surface area contributed by atoms with Crippen molar-refractivity contribution >= 4 is 27.9 Å². The maximum absolute atomic E-state index is 12.2. The molecule has 0 saturated carbocycles. The smallest absolute Gasteiger partial charge is 0.334 e. The van der Waals surface area contributed by atoms with Gasteiger partial charge in [0.1, 0.15) is 0 Å². The van der Waals surface area contributed by atoms with Gasteiger partial charge in [-0.3, -0.25) is 0 Å². The number of nitrogens with zero attached hydrogens (tertiary/aromatic N) is 1. The Morgan fingerprint density at radius 1 is 1.00 bits per heavy atom. The normalized spacial score (nSPS) is 17.1. The Balaban J connectivity index is 2.96. The molecule has 0 aromatic heterocycles. The van der Waals surface area contributed by atoms with Crippen molar-refractivity contribution in [3.05, 3.63) is 56.8 Å². The number of aliphatic carboxylic acids is 2. The first-order chi connectivity index (χ1) is 11.7. The predicted octanol–water partition coefficient (Wildman–Crippen LogP) is 4.15. The lowest BCUT2D eigenvalue weighted by atomic mass is 9.64. The lowest BCUT2D eigenvalue weighted by Gasteiger charge is -2.44. The standard InChI is InChI=1S/C19H22BrNO4/c1-5-19(13-7-9-14(20)10-8-13)15(17(22)23)11(3)21(6-2)12(4)16(19)18(24)25/h7-10H,5-6H2,1-4H3,(H,22,23)(H,24,25). The second-order valence-electron chi connectivity index (χ2n) is 6.04. The van der Waals surface area contributed by atoms with Gasteiger partial charge in [0.05, 0.1) is 16.6 Å². The number of rotatable bonds is 5. The second kappa shape index (κ2) is 7.04. The highest BCUT2D eigenvalue weighted by Gasteiger charge is 2.50. The van der Waals surface area contributed by atoms with Crippen LogP contribution in [0.25, 0.3) is 0 Å². The molecule has 0 radical (unpaired) electrons. The number of halogens is 1. The van der Waals surface area contributed by atoms with Gasteiger partial charge in [-0.1, -0.05) is 35.0 Å². The zero-order chi connectivity index (χ0) is 18.9. The molecule has 6 heteroatoms. The van der Waals surface area contributed by atoms with Crippen molar-refractivity contribution in [2.24, 2.45) is 0 Å². The molecule has 1 heterocycles. The third kappa shape index (κ3) is 2.88. The Labute approximate surface area is 155 Å². The maximum atomic E-state index is 12.2. The van der Waals surface area contributed by atoms with Gasteiger partial charge in [-0.15, -0.1) is 0 Å². The van der Waals surface area contributed by atoms with E-state index < -0.39 is 17.4 Å². The molecule has 5 nitrogen and oxygen atoms in total. The number of benzene rings is 1. The minimum Gasteiger partial charge on any atom is -0.478 e. The monoisotopic (exact) mass is 407 g/mol. The van der Waals surface area contributed by atoms with E-state index in [2.05, 4.69) is 15.9 Å². The van der Waals surface area contributed by atoms with Gasteiger partial charge in [0.15, 0.2) is 0 Å². The second-order valence-corrected chi connectivity index (χ2v) is 6.96. The fraction of sp³-hybridized carbons (Fsp3) is 0.368. The highest BCUT2D eigenvalue weighted by Crippen LogP contribution is 2.49. The number of carboxylic acids is 2. The molecule has 0 bridgehead atoms. The summed E-state index contributed by atoms with van der Waals surface area (Å²) in [6.07, 6.45) is 0.337. The average molecular weight is 408 g/mol. The van der Waals surface area contributed by atoms with Crippen LogP contribution < -0.4 is 0 Å². The zero-order valence-electron chi connectivity index (χ0n) is 14.8. The molecule has 1 aromatic carbocycles. The van der Waals surface area contributed by atoms with Gasteiger partial charge in [0.25, 0.3) is 0 Å². The van der Waals surface area contributed by atoms with Crippen LogP contribution in [0.5, 0.6) is 0 Å². The Kier molecular flexibility index (Phi) is 5.42. The summed E-state index contributed by atoms with van der Waals surface area (Å²) in [7, 11) is 0. The predicted molar refractivity (Wildman–Crippen MR) is 99.2 cm³/mol. The molecule has 0 aliphatic carbocycles. The Morgan fingerprint density at radius 2 is 1.44 bits per heavy atom. The van der Waals surface area contributed by atoms with Crippen molar-refractivity contribution < 1.29 is 19.8 Å². The van der Waals surface area contributed by atoms with E-state index in [9.17, 15) is 19.8 Å². The van der Waals surface area contributed by atoms with Crippen LogP contribution >= 0.6 is 15.9 Å². The van der Waals surface area contributed by atoms with Crippen LogP contribution in [0.1, 0.15) is 39.7 Å². The van der Waals surface area contributed by atoms with Crippen molar-refractivity contribution in [2.75, 3.05) is 6.54 Å². The van der Waals surface area contributed by atoms with E-state index in [1.165, 1.54) is 0 Å². The first-order valence-corrected chi connectivity index (χ1v) is 8.94. The lowest BCUT2D eigenvalue weighted by Crippen LogP contribution is -2.45. The molecule has 0 spiro atoms. The maximum Gasteiger partial charge on any atom is 0.334 e. The fourth-order valence-electron chi connectivity index (χ4n) is 3.99. The third-order valence-corrected chi connectivity index (χ3v) is 5.53. The van der Waals surface area contributed by atoms with Gasteiger partial charge < -0.3 is 15.1 Å². The molecule has 1 aromatic rings. The summed E-state index contributed by atoms with van der Waals surface area (Å²) in [4.78, 5) is 26.2. The Hall–Kier alpha value is -2.08. The van der Waals surface area contributed by atoms with Crippen LogP contribution in [0.15, 0.2) is 51.3 Å². The lowest BCUT2D eigenvalue weighted by molar-refractivity contribution is -0.134. The molecule has 2 rings (SSSR count). The third-order valence-electron chi connectivity index (χ3n) is 5.00. The van der Waals surface area contributed by atoms with Gasteiger partial charge in [-0.2, -0.15) is 0 Å². The molecule has 1 aliphatic rings. The van der Waals surface area contributed by atoms with Crippen molar-refractivity contribution in [2.45, 2.75) is 39.5 Å². The molecule has 0 atom stereocenters. The molecule has 134 valence electrons. The minimum absolute atomic E-state index is 0.127. The zero-order valence-corrected chi connectivity index (χ0v) is 16.3. The van der Waals surface area contributed by atoms with Crippen LogP contribution in [0.3, 0.4) is 0 Å². The molecule has 0 unspecified atom stereocenters. The highest BCUT2D eigenvalue weighted by molar-refractivity contribution is 9.10. The van der Waals surface area contributed by atoms with Gasteiger partial charge in [0, 0.05) is 22.4 Å². The summed E-state index contributed by atoms with van der Waals surface area (Å²) < 4.78 is 0.851. The largest absolute Gasteiger partial charge is 0.478 e.